The molecule has 0 atom stereocenters. The Morgan fingerprint density at radius 1 is 1.16 bits per heavy atom. The molecule has 0 amide bonds. The quantitative estimate of drug-likeness (QED) is 0.358. The van der Waals surface area contributed by atoms with Crippen LogP contribution in [-0.4, -0.2) is 51.1 Å². The molecule has 2 rings (SSSR count). The average molecular weight is 446 g/mol. The van der Waals surface area contributed by atoms with E-state index in [1.54, 1.807) is 33.9 Å². The number of rotatable bonds is 8. The molecule has 0 bridgehead atoms. The van der Waals surface area contributed by atoms with Crippen molar-refractivity contribution in [3.63, 3.8) is 0 Å². The van der Waals surface area contributed by atoms with Crippen LogP contribution in [0.25, 0.3) is 0 Å². The molecule has 0 aliphatic carbocycles. The van der Waals surface area contributed by atoms with Crippen molar-refractivity contribution in [2.45, 2.75) is 64.5 Å². The maximum Gasteiger partial charge on any atom is 0.416 e. The van der Waals surface area contributed by atoms with E-state index in [4.69, 9.17) is 14.2 Å². The largest absolute Gasteiger partial charge is 0.488 e. The number of hydrogen-bond donors (Lipinski definition) is 2. The van der Waals surface area contributed by atoms with Crippen LogP contribution in [-0.2, 0) is 22.2 Å². The Morgan fingerprint density at radius 2 is 1.87 bits per heavy atom. The number of benzene rings is 1. The third-order valence-electron chi connectivity index (χ3n) is 4.62. The minimum atomic E-state index is -4.48. The van der Waals surface area contributed by atoms with Crippen molar-refractivity contribution in [1.29, 1.82) is 0 Å². The average Bonchev–Trinajstić information content (AvgIpc) is 2.69. The summed E-state index contributed by atoms with van der Waals surface area (Å²) in [4.78, 5) is 4.08. The Balaban J connectivity index is 1.84. The molecule has 1 heterocycles. The van der Waals surface area contributed by atoms with Gasteiger partial charge in [-0.1, -0.05) is 6.07 Å². The van der Waals surface area contributed by atoms with Crippen molar-refractivity contribution >= 4 is 5.96 Å². The van der Waals surface area contributed by atoms with E-state index in [9.17, 15) is 13.2 Å². The SMILES string of the molecule is CN=C(NCCCOC1CCOCC1)NCc1ccc(OC(C)(C)C)cc1C(F)(F)F. The molecule has 1 fully saturated rings. The topological polar surface area (TPSA) is 64.1 Å². The van der Waals surface area contributed by atoms with Gasteiger partial charge in [-0.15, -0.1) is 0 Å². The molecule has 1 aliphatic rings. The number of guanidine groups is 1. The van der Waals surface area contributed by atoms with E-state index in [0.717, 1.165) is 38.5 Å². The highest BCUT2D eigenvalue weighted by molar-refractivity contribution is 5.79. The summed E-state index contributed by atoms with van der Waals surface area (Å²) in [5.41, 5.74) is -1.18. The van der Waals surface area contributed by atoms with Gasteiger partial charge >= 0.3 is 6.18 Å². The van der Waals surface area contributed by atoms with Crippen LogP contribution in [0.3, 0.4) is 0 Å². The van der Waals surface area contributed by atoms with Crippen LogP contribution < -0.4 is 15.4 Å². The molecule has 0 spiro atoms. The highest BCUT2D eigenvalue weighted by atomic mass is 19.4. The van der Waals surface area contributed by atoms with Crippen molar-refractivity contribution in [1.82, 2.24) is 10.6 Å². The van der Waals surface area contributed by atoms with Crippen LogP contribution in [0.15, 0.2) is 23.2 Å². The van der Waals surface area contributed by atoms with Gasteiger partial charge in [0.25, 0.3) is 0 Å². The number of alkyl halides is 3. The third-order valence-corrected chi connectivity index (χ3v) is 4.62. The van der Waals surface area contributed by atoms with E-state index < -0.39 is 17.3 Å². The minimum absolute atomic E-state index is 0.0110. The van der Waals surface area contributed by atoms with Gasteiger partial charge in [0.15, 0.2) is 5.96 Å². The summed E-state index contributed by atoms with van der Waals surface area (Å²) in [5, 5.41) is 6.05. The smallest absolute Gasteiger partial charge is 0.416 e. The molecule has 2 N–H and O–H groups in total. The molecule has 0 saturated carbocycles. The van der Waals surface area contributed by atoms with Gasteiger partial charge in [0.05, 0.1) is 11.7 Å². The summed E-state index contributed by atoms with van der Waals surface area (Å²) in [5.74, 6) is 0.629. The molecule has 0 radical (unpaired) electrons. The van der Waals surface area contributed by atoms with Crippen molar-refractivity contribution in [2.24, 2.45) is 4.99 Å². The number of ether oxygens (including phenoxy) is 3. The van der Waals surface area contributed by atoms with Crippen molar-refractivity contribution in [2.75, 3.05) is 33.4 Å². The van der Waals surface area contributed by atoms with Crippen LogP contribution >= 0.6 is 0 Å². The number of hydrogen-bond acceptors (Lipinski definition) is 4. The van der Waals surface area contributed by atoms with Gasteiger partial charge in [-0.2, -0.15) is 13.2 Å². The fourth-order valence-electron chi connectivity index (χ4n) is 3.16. The Kier molecular flexibility index (Phi) is 9.43. The maximum absolute atomic E-state index is 13.6. The Hall–Kier alpha value is -2.00. The Bertz CT molecular complexity index is 712. The third kappa shape index (κ3) is 9.35. The van der Waals surface area contributed by atoms with Crippen LogP contribution in [0.5, 0.6) is 5.75 Å². The zero-order valence-corrected chi connectivity index (χ0v) is 18.8. The lowest BCUT2D eigenvalue weighted by atomic mass is 10.1. The lowest BCUT2D eigenvalue weighted by Crippen LogP contribution is -2.38. The first-order valence-electron chi connectivity index (χ1n) is 10.6. The van der Waals surface area contributed by atoms with Gasteiger partial charge in [-0.05, 0) is 57.7 Å². The van der Waals surface area contributed by atoms with E-state index in [2.05, 4.69) is 15.6 Å². The van der Waals surface area contributed by atoms with Gasteiger partial charge in [-0.25, -0.2) is 0 Å². The second kappa shape index (κ2) is 11.6. The molecule has 9 heteroatoms. The molecular formula is C22H34F3N3O3. The zero-order valence-electron chi connectivity index (χ0n) is 18.8. The highest BCUT2D eigenvalue weighted by Gasteiger charge is 2.34. The summed E-state index contributed by atoms with van der Waals surface area (Å²) in [6, 6.07) is 4.04. The fraction of sp³-hybridized carbons (Fsp3) is 0.682. The van der Waals surface area contributed by atoms with Crippen molar-refractivity contribution in [3.05, 3.63) is 29.3 Å². The first kappa shape index (κ1) is 25.3. The summed E-state index contributed by atoms with van der Waals surface area (Å²) in [6.45, 7) is 8.06. The predicted octanol–water partition coefficient (Wildman–Crippen LogP) is 4.13. The summed E-state index contributed by atoms with van der Waals surface area (Å²) >= 11 is 0. The molecule has 1 aromatic rings. The molecule has 1 aliphatic heterocycles. The van der Waals surface area contributed by atoms with E-state index in [1.165, 1.54) is 6.07 Å². The zero-order chi connectivity index (χ0) is 22.9. The standard InChI is InChI=1S/C22H34F3N3O3/c1-21(2,3)31-18-7-6-16(19(14-18)22(23,24)25)15-28-20(26-4)27-10-5-11-30-17-8-12-29-13-9-17/h6-7,14,17H,5,8-13,15H2,1-4H3,(H2,26,27,28). The number of nitrogens with zero attached hydrogens (tertiary/aromatic N) is 1. The van der Waals surface area contributed by atoms with Gasteiger partial charge in [0.2, 0.25) is 0 Å². The van der Waals surface area contributed by atoms with Crippen molar-refractivity contribution < 1.29 is 27.4 Å². The lowest BCUT2D eigenvalue weighted by Gasteiger charge is -2.23. The maximum atomic E-state index is 13.6. The molecule has 31 heavy (non-hydrogen) atoms. The van der Waals surface area contributed by atoms with Crippen molar-refractivity contribution in [3.8, 4) is 5.75 Å². The molecule has 6 nitrogen and oxygen atoms in total. The monoisotopic (exact) mass is 445 g/mol. The summed E-state index contributed by atoms with van der Waals surface area (Å²) in [6.07, 6.45) is -1.63. The van der Waals surface area contributed by atoms with E-state index >= 15 is 0 Å². The van der Waals surface area contributed by atoms with Crippen LogP contribution in [0.1, 0.15) is 51.2 Å². The summed E-state index contributed by atoms with van der Waals surface area (Å²) < 4.78 is 57.4. The van der Waals surface area contributed by atoms with Gasteiger partial charge in [-0.3, -0.25) is 4.99 Å². The fourth-order valence-corrected chi connectivity index (χ4v) is 3.16. The van der Waals surface area contributed by atoms with Crippen LogP contribution in [0.2, 0.25) is 0 Å². The molecule has 176 valence electrons. The first-order valence-corrected chi connectivity index (χ1v) is 10.6. The minimum Gasteiger partial charge on any atom is -0.488 e. The lowest BCUT2D eigenvalue weighted by molar-refractivity contribution is -0.138. The number of nitrogens with one attached hydrogen (secondary N) is 2. The summed E-state index contributed by atoms with van der Waals surface area (Å²) in [7, 11) is 1.58. The van der Waals surface area contributed by atoms with Gasteiger partial charge in [0, 0.05) is 40.0 Å². The molecule has 1 aromatic carbocycles. The van der Waals surface area contributed by atoms with E-state index in [0.29, 0.717) is 19.1 Å². The molecular weight excluding hydrogens is 411 g/mol. The van der Waals surface area contributed by atoms with Crippen LogP contribution in [0.4, 0.5) is 13.2 Å². The Morgan fingerprint density at radius 3 is 2.48 bits per heavy atom. The molecule has 1 saturated heterocycles. The van der Waals surface area contributed by atoms with E-state index in [1.807, 2.05) is 0 Å². The molecule has 0 aromatic heterocycles. The van der Waals surface area contributed by atoms with Crippen LogP contribution in [0, 0.1) is 0 Å². The van der Waals surface area contributed by atoms with Gasteiger partial charge in [0.1, 0.15) is 11.4 Å². The number of halogens is 3. The second-order valence-corrected chi connectivity index (χ2v) is 8.42. The Labute approximate surface area is 182 Å². The molecule has 0 unspecified atom stereocenters. The first-order chi connectivity index (χ1) is 14.6. The number of aliphatic imine (C=N–C) groups is 1. The van der Waals surface area contributed by atoms with E-state index in [-0.39, 0.29) is 24.0 Å². The predicted molar refractivity (Wildman–Crippen MR) is 114 cm³/mol. The second-order valence-electron chi connectivity index (χ2n) is 8.42. The normalized spacial score (nSPS) is 16.3. The highest BCUT2D eigenvalue weighted by Crippen LogP contribution is 2.35. The van der Waals surface area contributed by atoms with Gasteiger partial charge < -0.3 is 24.8 Å².